The number of nitrogen functional groups attached to an aromatic ring is 1. The van der Waals surface area contributed by atoms with E-state index >= 15 is 0 Å². The molecule has 1 amide bonds. The third kappa shape index (κ3) is 2.56. The molecule has 0 spiro atoms. The van der Waals surface area contributed by atoms with Crippen LogP contribution in [0.5, 0.6) is 5.88 Å². The summed E-state index contributed by atoms with van der Waals surface area (Å²) in [5.41, 5.74) is 6.90. The Morgan fingerprint density at radius 2 is 2.32 bits per heavy atom. The Morgan fingerprint density at radius 1 is 1.53 bits per heavy atom. The maximum absolute atomic E-state index is 11.5. The minimum atomic E-state index is -0.0372. The minimum absolute atomic E-state index is 0.0372. The molecule has 0 bridgehead atoms. The van der Waals surface area contributed by atoms with Crippen molar-refractivity contribution in [2.75, 3.05) is 19.4 Å². The highest BCUT2D eigenvalue weighted by Gasteiger charge is 2.15. The average Bonchev–Trinajstić information content (AvgIpc) is 2.72. The lowest BCUT2D eigenvalue weighted by Crippen LogP contribution is -2.24. The number of hydrogen-bond acceptors (Lipinski definition) is 6. The van der Waals surface area contributed by atoms with Crippen molar-refractivity contribution >= 4 is 23.0 Å². The number of ether oxygens (including phenoxy) is 1. The minimum Gasteiger partial charge on any atom is -0.479 e. The Balaban J connectivity index is 2.28. The summed E-state index contributed by atoms with van der Waals surface area (Å²) >= 11 is 0. The first-order valence-electron chi connectivity index (χ1n) is 5.94. The highest BCUT2D eigenvalue weighted by molar-refractivity contribution is 5.79. The predicted molar refractivity (Wildman–Crippen MR) is 69.6 cm³/mol. The van der Waals surface area contributed by atoms with Gasteiger partial charge in [-0.1, -0.05) is 0 Å². The van der Waals surface area contributed by atoms with Crippen LogP contribution in [0.2, 0.25) is 0 Å². The number of hydrogen-bond donors (Lipinski definition) is 2. The lowest BCUT2D eigenvalue weighted by molar-refractivity contribution is -0.121. The largest absolute Gasteiger partial charge is 0.479 e. The molecule has 102 valence electrons. The standard InChI is InChI=1S/C11H16N6O2/c1-3-13-7(18)4-5-17-9-8(16-11(17)12)10(19-2)15-6-14-9/h6H,3-5H2,1-2H3,(H2,12,16)(H,13,18). The zero-order chi connectivity index (χ0) is 13.8. The van der Waals surface area contributed by atoms with Crippen LogP contribution in [0, 0.1) is 0 Å². The summed E-state index contributed by atoms with van der Waals surface area (Å²) in [5, 5.41) is 2.73. The van der Waals surface area contributed by atoms with Crippen LogP contribution in [0.3, 0.4) is 0 Å². The van der Waals surface area contributed by atoms with E-state index in [9.17, 15) is 4.79 Å². The SMILES string of the molecule is CCNC(=O)CCn1c(N)nc2c(OC)ncnc21. The van der Waals surface area contributed by atoms with Crippen LogP contribution in [0.4, 0.5) is 5.95 Å². The first-order chi connectivity index (χ1) is 9.17. The van der Waals surface area contributed by atoms with Crippen LogP contribution in [0.25, 0.3) is 11.2 Å². The number of carbonyl (C=O) groups excluding carboxylic acids is 1. The van der Waals surface area contributed by atoms with E-state index in [1.807, 2.05) is 6.92 Å². The van der Waals surface area contributed by atoms with Crippen LogP contribution in [-0.4, -0.2) is 39.1 Å². The molecule has 8 heteroatoms. The molecule has 0 unspecified atom stereocenters. The molecule has 0 fully saturated rings. The van der Waals surface area contributed by atoms with Gasteiger partial charge in [0.1, 0.15) is 6.33 Å². The van der Waals surface area contributed by atoms with Gasteiger partial charge < -0.3 is 15.8 Å². The van der Waals surface area contributed by atoms with Gasteiger partial charge in [-0.3, -0.25) is 9.36 Å². The number of fused-ring (bicyclic) bond motifs is 1. The van der Waals surface area contributed by atoms with Crippen molar-refractivity contribution in [1.29, 1.82) is 0 Å². The fourth-order valence-electron chi connectivity index (χ4n) is 1.80. The fourth-order valence-corrected chi connectivity index (χ4v) is 1.80. The average molecular weight is 264 g/mol. The van der Waals surface area contributed by atoms with Crippen molar-refractivity contribution in [2.45, 2.75) is 19.9 Å². The number of aromatic nitrogens is 4. The van der Waals surface area contributed by atoms with Crippen molar-refractivity contribution in [1.82, 2.24) is 24.8 Å². The molecule has 2 rings (SSSR count). The summed E-state index contributed by atoms with van der Waals surface area (Å²) in [4.78, 5) is 23.7. The fraction of sp³-hybridized carbons (Fsp3) is 0.455. The molecule has 0 saturated carbocycles. The van der Waals surface area contributed by atoms with Crippen molar-refractivity contribution in [3.05, 3.63) is 6.33 Å². The number of amides is 1. The van der Waals surface area contributed by atoms with Gasteiger partial charge in [-0.2, -0.15) is 4.98 Å². The number of methoxy groups -OCH3 is 1. The molecule has 0 aliphatic carbocycles. The molecular weight excluding hydrogens is 248 g/mol. The zero-order valence-electron chi connectivity index (χ0n) is 10.9. The van der Waals surface area contributed by atoms with Gasteiger partial charge in [-0.15, -0.1) is 0 Å². The molecule has 0 aliphatic heterocycles. The number of anilines is 1. The van der Waals surface area contributed by atoms with Gasteiger partial charge in [0.2, 0.25) is 17.7 Å². The van der Waals surface area contributed by atoms with E-state index in [2.05, 4.69) is 20.3 Å². The number of nitrogens with zero attached hydrogens (tertiary/aromatic N) is 4. The molecule has 19 heavy (non-hydrogen) atoms. The Labute approximate surface area is 110 Å². The molecule has 2 aromatic heterocycles. The van der Waals surface area contributed by atoms with E-state index in [0.717, 1.165) is 0 Å². The van der Waals surface area contributed by atoms with Crippen molar-refractivity contribution < 1.29 is 9.53 Å². The third-order valence-electron chi connectivity index (χ3n) is 2.66. The van der Waals surface area contributed by atoms with Crippen LogP contribution >= 0.6 is 0 Å². The maximum atomic E-state index is 11.5. The quantitative estimate of drug-likeness (QED) is 0.783. The highest BCUT2D eigenvalue weighted by Crippen LogP contribution is 2.22. The van der Waals surface area contributed by atoms with Gasteiger partial charge in [0, 0.05) is 19.5 Å². The Kier molecular flexibility index (Phi) is 3.79. The molecule has 0 aliphatic rings. The van der Waals surface area contributed by atoms with Crippen LogP contribution in [0.1, 0.15) is 13.3 Å². The number of nitrogens with one attached hydrogen (secondary N) is 1. The second-order valence-electron chi connectivity index (χ2n) is 3.88. The first kappa shape index (κ1) is 13.1. The van der Waals surface area contributed by atoms with Crippen LogP contribution < -0.4 is 15.8 Å². The van der Waals surface area contributed by atoms with Gasteiger partial charge in [0.15, 0.2) is 11.2 Å². The van der Waals surface area contributed by atoms with Gasteiger partial charge in [-0.05, 0) is 6.92 Å². The first-order valence-corrected chi connectivity index (χ1v) is 5.94. The predicted octanol–water partition coefficient (Wildman–Crippen LogP) is -0.0567. The summed E-state index contributed by atoms with van der Waals surface area (Å²) < 4.78 is 6.77. The normalized spacial score (nSPS) is 10.6. The highest BCUT2D eigenvalue weighted by atomic mass is 16.5. The number of nitrogens with two attached hydrogens (primary N) is 1. The maximum Gasteiger partial charge on any atom is 0.245 e. The second kappa shape index (κ2) is 5.51. The molecule has 0 radical (unpaired) electrons. The molecule has 0 aromatic carbocycles. The van der Waals surface area contributed by atoms with Gasteiger partial charge in [0.25, 0.3) is 0 Å². The molecule has 8 nitrogen and oxygen atoms in total. The number of rotatable bonds is 5. The Hall–Kier alpha value is -2.38. The van der Waals surface area contributed by atoms with E-state index < -0.39 is 0 Å². The molecule has 2 heterocycles. The topological polar surface area (TPSA) is 108 Å². The second-order valence-corrected chi connectivity index (χ2v) is 3.88. The van der Waals surface area contributed by atoms with Gasteiger partial charge >= 0.3 is 0 Å². The van der Waals surface area contributed by atoms with Crippen LogP contribution in [0.15, 0.2) is 6.33 Å². The van der Waals surface area contributed by atoms with E-state index in [0.29, 0.717) is 36.6 Å². The van der Waals surface area contributed by atoms with Gasteiger partial charge in [0.05, 0.1) is 7.11 Å². The molecule has 2 aromatic rings. The Bertz CT molecular complexity index is 594. The summed E-state index contributed by atoms with van der Waals surface area (Å²) in [6, 6.07) is 0. The van der Waals surface area contributed by atoms with Gasteiger partial charge in [-0.25, -0.2) is 9.97 Å². The molecule has 3 N–H and O–H groups in total. The zero-order valence-corrected chi connectivity index (χ0v) is 10.9. The summed E-state index contributed by atoms with van der Waals surface area (Å²) in [5.74, 6) is 0.622. The molecule has 0 atom stereocenters. The Morgan fingerprint density at radius 3 is 3.00 bits per heavy atom. The lowest BCUT2D eigenvalue weighted by Gasteiger charge is -2.05. The van der Waals surface area contributed by atoms with Crippen molar-refractivity contribution in [3.63, 3.8) is 0 Å². The summed E-state index contributed by atoms with van der Waals surface area (Å²) in [7, 11) is 1.51. The summed E-state index contributed by atoms with van der Waals surface area (Å²) in [6.07, 6.45) is 1.70. The molecule has 0 saturated heterocycles. The van der Waals surface area contributed by atoms with Crippen LogP contribution in [-0.2, 0) is 11.3 Å². The van der Waals surface area contributed by atoms with E-state index in [1.54, 1.807) is 4.57 Å². The number of aryl methyl sites for hydroxylation is 1. The number of carbonyl (C=O) groups is 1. The van der Waals surface area contributed by atoms with Crippen molar-refractivity contribution in [3.8, 4) is 5.88 Å². The van der Waals surface area contributed by atoms with Crippen molar-refractivity contribution in [2.24, 2.45) is 0 Å². The lowest BCUT2D eigenvalue weighted by atomic mass is 10.4. The van der Waals surface area contributed by atoms with E-state index in [-0.39, 0.29) is 11.9 Å². The summed E-state index contributed by atoms with van der Waals surface area (Å²) in [6.45, 7) is 2.89. The molecular formula is C11H16N6O2. The smallest absolute Gasteiger partial charge is 0.245 e. The monoisotopic (exact) mass is 264 g/mol. The third-order valence-corrected chi connectivity index (χ3v) is 2.66. The number of imidazole rings is 1. The van der Waals surface area contributed by atoms with E-state index in [4.69, 9.17) is 10.5 Å². The van der Waals surface area contributed by atoms with E-state index in [1.165, 1.54) is 13.4 Å².